The molecule has 0 saturated carbocycles. The number of anilines is 1. The van der Waals surface area contributed by atoms with E-state index in [9.17, 15) is 4.79 Å². The van der Waals surface area contributed by atoms with E-state index in [4.69, 9.17) is 4.74 Å². The van der Waals surface area contributed by atoms with Crippen molar-refractivity contribution in [2.24, 2.45) is 0 Å². The van der Waals surface area contributed by atoms with E-state index in [0.29, 0.717) is 5.92 Å². The van der Waals surface area contributed by atoms with Gasteiger partial charge in [-0.1, -0.05) is 19.1 Å². The maximum atomic E-state index is 12.1. The molecule has 2 heterocycles. The Morgan fingerprint density at radius 3 is 2.76 bits per heavy atom. The minimum Gasteiger partial charge on any atom is -0.497 e. The van der Waals surface area contributed by atoms with E-state index in [1.54, 1.807) is 19.4 Å². The highest BCUT2D eigenvalue weighted by atomic mass is 16.5. The molecular weight excluding hydrogens is 264 g/mol. The summed E-state index contributed by atoms with van der Waals surface area (Å²) < 4.78 is 5.18. The first-order valence-electron chi connectivity index (χ1n) is 7.28. The average molecular weight is 284 g/mol. The van der Waals surface area contributed by atoms with Crippen LogP contribution in [-0.4, -0.2) is 18.6 Å². The lowest BCUT2D eigenvalue weighted by Gasteiger charge is -2.33. The molecule has 1 aliphatic rings. The van der Waals surface area contributed by atoms with Crippen LogP contribution in [0.3, 0.4) is 0 Å². The summed E-state index contributed by atoms with van der Waals surface area (Å²) in [5.41, 5.74) is 2.26. The Morgan fingerprint density at radius 1 is 1.29 bits per heavy atom. The fraction of sp³-hybridized carbons (Fsp3) is 0.353. The van der Waals surface area contributed by atoms with Crippen molar-refractivity contribution in [1.82, 2.24) is 4.98 Å². The van der Waals surface area contributed by atoms with Crippen molar-refractivity contribution < 1.29 is 4.74 Å². The predicted molar refractivity (Wildman–Crippen MR) is 84.1 cm³/mol. The molecule has 0 bridgehead atoms. The van der Waals surface area contributed by atoms with Crippen molar-refractivity contribution in [3.63, 3.8) is 0 Å². The number of pyridine rings is 1. The van der Waals surface area contributed by atoms with Crippen LogP contribution in [0.15, 0.2) is 41.3 Å². The normalized spacial score (nSPS) is 17.4. The van der Waals surface area contributed by atoms with E-state index >= 15 is 0 Å². The summed E-state index contributed by atoms with van der Waals surface area (Å²) in [6.45, 7) is 3.88. The number of nitrogens with one attached hydrogen (secondary N) is 1. The van der Waals surface area contributed by atoms with E-state index in [0.717, 1.165) is 36.6 Å². The Kier molecular flexibility index (Phi) is 3.69. The number of ether oxygens (including phenoxy) is 1. The van der Waals surface area contributed by atoms with Crippen molar-refractivity contribution in [1.29, 1.82) is 0 Å². The van der Waals surface area contributed by atoms with Gasteiger partial charge in [-0.05, 0) is 30.0 Å². The third kappa shape index (κ3) is 2.66. The first kappa shape index (κ1) is 13.7. The maximum absolute atomic E-state index is 12.1. The van der Waals surface area contributed by atoms with Gasteiger partial charge in [0.2, 0.25) is 0 Å². The van der Waals surface area contributed by atoms with Crippen LogP contribution in [0, 0.1) is 0 Å². The molecule has 4 nitrogen and oxygen atoms in total. The van der Waals surface area contributed by atoms with Gasteiger partial charge in [0.25, 0.3) is 0 Å². The SMILES string of the molecule is COc1ccc(CN2CCC(C)c3c2[nH]ccc3=O)cc1. The van der Waals surface area contributed by atoms with Crippen LogP contribution in [0.2, 0.25) is 0 Å². The molecule has 2 aromatic rings. The minimum atomic E-state index is 0.135. The average Bonchev–Trinajstić information content (AvgIpc) is 2.51. The van der Waals surface area contributed by atoms with Crippen LogP contribution in [0.1, 0.15) is 30.4 Å². The number of nitrogens with zero attached hydrogens (tertiary/aromatic N) is 1. The van der Waals surface area contributed by atoms with Crippen molar-refractivity contribution in [3.05, 3.63) is 57.9 Å². The topological polar surface area (TPSA) is 45.3 Å². The lowest BCUT2D eigenvalue weighted by molar-refractivity contribution is 0.414. The lowest BCUT2D eigenvalue weighted by Crippen LogP contribution is -2.34. The molecule has 0 aliphatic carbocycles. The molecular formula is C17H20N2O2. The summed E-state index contributed by atoms with van der Waals surface area (Å²) in [4.78, 5) is 17.6. The summed E-state index contributed by atoms with van der Waals surface area (Å²) in [6.07, 6.45) is 2.75. The molecule has 4 heteroatoms. The summed E-state index contributed by atoms with van der Waals surface area (Å²) in [7, 11) is 1.67. The lowest BCUT2D eigenvalue weighted by atomic mass is 9.93. The van der Waals surface area contributed by atoms with Gasteiger partial charge in [-0.25, -0.2) is 0 Å². The first-order chi connectivity index (χ1) is 10.2. The van der Waals surface area contributed by atoms with Gasteiger partial charge < -0.3 is 14.6 Å². The highest BCUT2D eigenvalue weighted by Crippen LogP contribution is 2.31. The number of hydrogen-bond donors (Lipinski definition) is 1. The molecule has 1 aliphatic heterocycles. The van der Waals surface area contributed by atoms with Crippen LogP contribution in [-0.2, 0) is 6.54 Å². The van der Waals surface area contributed by atoms with E-state index in [2.05, 4.69) is 28.9 Å². The van der Waals surface area contributed by atoms with Gasteiger partial charge in [-0.2, -0.15) is 0 Å². The fourth-order valence-corrected chi connectivity index (χ4v) is 2.93. The smallest absolute Gasteiger partial charge is 0.187 e. The third-order valence-electron chi connectivity index (χ3n) is 4.15. The molecule has 0 amide bonds. The van der Waals surface area contributed by atoms with Crippen LogP contribution in [0.4, 0.5) is 5.82 Å². The molecule has 1 atom stereocenters. The summed E-state index contributed by atoms with van der Waals surface area (Å²) in [5, 5.41) is 0. The number of aromatic nitrogens is 1. The number of methoxy groups -OCH3 is 1. The molecule has 21 heavy (non-hydrogen) atoms. The largest absolute Gasteiger partial charge is 0.497 e. The number of hydrogen-bond acceptors (Lipinski definition) is 3. The van der Waals surface area contributed by atoms with Gasteiger partial charge in [0.1, 0.15) is 11.6 Å². The Balaban J connectivity index is 1.89. The molecule has 0 spiro atoms. The molecule has 0 saturated heterocycles. The number of rotatable bonds is 3. The quantitative estimate of drug-likeness (QED) is 0.942. The number of aromatic amines is 1. The van der Waals surface area contributed by atoms with E-state index < -0.39 is 0 Å². The zero-order valence-electron chi connectivity index (χ0n) is 12.4. The molecule has 1 N–H and O–H groups in total. The molecule has 0 fully saturated rings. The van der Waals surface area contributed by atoms with Gasteiger partial charge >= 0.3 is 0 Å². The minimum absolute atomic E-state index is 0.135. The molecule has 1 aromatic heterocycles. The summed E-state index contributed by atoms with van der Waals surface area (Å²) in [5.74, 6) is 2.15. The molecule has 110 valence electrons. The van der Waals surface area contributed by atoms with Gasteiger partial charge in [0.15, 0.2) is 5.43 Å². The van der Waals surface area contributed by atoms with Crippen molar-refractivity contribution >= 4 is 5.82 Å². The first-order valence-corrected chi connectivity index (χ1v) is 7.28. The van der Waals surface area contributed by atoms with Crippen molar-refractivity contribution in [3.8, 4) is 5.75 Å². The highest BCUT2D eigenvalue weighted by Gasteiger charge is 2.24. The summed E-state index contributed by atoms with van der Waals surface area (Å²) in [6, 6.07) is 9.69. The number of fused-ring (bicyclic) bond motifs is 1. The highest BCUT2D eigenvalue weighted by molar-refractivity contribution is 5.51. The molecule has 1 unspecified atom stereocenters. The van der Waals surface area contributed by atoms with Crippen LogP contribution >= 0.6 is 0 Å². The second kappa shape index (κ2) is 5.64. The van der Waals surface area contributed by atoms with Gasteiger partial charge in [-0.3, -0.25) is 4.79 Å². The van der Waals surface area contributed by atoms with E-state index in [1.165, 1.54) is 5.56 Å². The van der Waals surface area contributed by atoms with E-state index in [1.807, 2.05) is 12.1 Å². The fourth-order valence-electron chi connectivity index (χ4n) is 2.93. The third-order valence-corrected chi connectivity index (χ3v) is 4.15. The predicted octanol–water partition coefficient (Wildman–Crippen LogP) is 2.90. The monoisotopic (exact) mass is 284 g/mol. The van der Waals surface area contributed by atoms with Gasteiger partial charge in [0, 0.05) is 30.9 Å². The van der Waals surface area contributed by atoms with Crippen molar-refractivity contribution in [2.45, 2.75) is 25.8 Å². The second-order valence-electron chi connectivity index (χ2n) is 5.56. The zero-order valence-corrected chi connectivity index (χ0v) is 12.4. The van der Waals surface area contributed by atoms with Crippen LogP contribution < -0.4 is 15.1 Å². The Labute approximate surface area is 124 Å². The van der Waals surface area contributed by atoms with E-state index in [-0.39, 0.29) is 5.43 Å². The Morgan fingerprint density at radius 2 is 2.05 bits per heavy atom. The maximum Gasteiger partial charge on any atom is 0.187 e. The summed E-state index contributed by atoms with van der Waals surface area (Å²) >= 11 is 0. The molecule has 3 rings (SSSR count). The molecule has 1 aromatic carbocycles. The standard InChI is InChI=1S/C17H20N2O2/c1-12-8-10-19(17-16(12)15(20)7-9-18-17)11-13-3-5-14(21-2)6-4-13/h3-7,9,12H,8,10-11H2,1-2H3,(H,18,20). The van der Waals surface area contributed by atoms with Crippen molar-refractivity contribution in [2.75, 3.05) is 18.6 Å². The van der Waals surface area contributed by atoms with Crippen LogP contribution in [0.5, 0.6) is 5.75 Å². The van der Waals surface area contributed by atoms with Gasteiger partial charge in [-0.15, -0.1) is 0 Å². The van der Waals surface area contributed by atoms with Crippen LogP contribution in [0.25, 0.3) is 0 Å². The number of H-pyrrole nitrogens is 1. The molecule has 0 radical (unpaired) electrons. The van der Waals surface area contributed by atoms with Gasteiger partial charge in [0.05, 0.1) is 7.11 Å². The number of benzene rings is 1. The Hall–Kier alpha value is -2.23. The Bertz CT molecular complexity index is 676. The zero-order chi connectivity index (χ0) is 14.8. The second-order valence-corrected chi connectivity index (χ2v) is 5.56.